The Morgan fingerprint density at radius 1 is 1.17 bits per heavy atom. The zero-order valence-corrected chi connectivity index (χ0v) is 17.0. The second-order valence-corrected chi connectivity index (χ2v) is 8.05. The number of amides is 1. The number of nitrogens with zero attached hydrogens (tertiary/aromatic N) is 3. The maximum Gasteiger partial charge on any atom is 0.229 e. The van der Waals surface area contributed by atoms with Gasteiger partial charge in [-0.1, -0.05) is 12.1 Å². The Bertz CT molecular complexity index is 1190. The number of benzene rings is 1. The summed E-state index contributed by atoms with van der Waals surface area (Å²) in [6.45, 7) is 3.19. The molecule has 0 spiro atoms. The molecule has 0 atom stereocenters. The molecular formula is C24H25N5O. The van der Waals surface area contributed by atoms with Gasteiger partial charge in [-0.25, -0.2) is 0 Å². The third-order valence-corrected chi connectivity index (χ3v) is 6.10. The van der Waals surface area contributed by atoms with Crippen LogP contribution < -0.4 is 5.32 Å². The zero-order valence-electron chi connectivity index (χ0n) is 17.0. The number of hydrogen-bond donors (Lipinski definition) is 2. The topological polar surface area (TPSA) is 75.6 Å². The first-order valence-corrected chi connectivity index (χ1v) is 10.5. The fraction of sp³-hybridized carbons (Fsp3) is 0.292. The van der Waals surface area contributed by atoms with Crippen LogP contribution in [-0.2, 0) is 17.8 Å². The quantitative estimate of drug-likeness (QED) is 0.497. The zero-order chi connectivity index (χ0) is 20.5. The highest BCUT2D eigenvalue weighted by Crippen LogP contribution is 2.47. The summed E-state index contributed by atoms with van der Waals surface area (Å²) in [6, 6.07) is 16.2. The van der Waals surface area contributed by atoms with Crippen LogP contribution in [0.1, 0.15) is 48.6 Å². The Morgan fingerprint density at radius 2 is 2.07 bits per heavy atom. The van der Waals surface area contributed by atoms with Crippen molar-refractivity contribution in [2.45, 2.75) is 44.6 Å². The van der Waals surface area contributed by atoms with Crippen LogP contribution in [0.15, 0.2) is 60.9 Å². The summed E-state index contributed by atoms with van der Waals surface area (Å²) in [5, 5.41) is 11.4. The highest BCUT2D eigenvalue weighted by atomic mass is 16.1. The van der Waals surface area contributed by atoms with Crippen molar-refractivity contribution in [3.63, 3.8) is 0 Å². The van der Waals surface area contributed by atoms with Crippen molar-refractivity contribution in [3.05, 3.63) is 77.9 Å². The standard InChI is InChI=1S/C24H25N5O/c1-2-29-10-4-6-22(29)19-13-18(14-19)21-15-23(28-27-21)26-24(30)12-16-7-8-20-17(11-16)5-3-9-25-20/h3-11,15,18-19H,2,12-14H2,1H3,(H2,26,27,28,30)/t18-,19+. The van der Waals surface area contributed by atoms with Crippen molar-refractivity contribution in [2.24, 2.45) is 0 Å². The lowest BCUT2D eigenvalue weighted by atomic mass is 9.71. The van der Waals surface area contributed by atoms with Gasteiger partial charge >= 0.3 is 0 Å². The molecule has 6 heteroatoms. The maximum atomic E-state index is 12.5. The molecule has 0 bridgehead atoms. The predicted molar refractivity (Wildman–Crippen MR) is 117 cm³/mol. The van der Waals surface area contributed by atoms with E-state index >= 15 is 0 Å². The molecule has 0 radical (unpaired) electrons. The van der Waals surface area contributed by atoms with Crippen LogP contribution in [0.4, 0.5) is 5.82 Å². The van der Waals surface area contributed by atoms with E-state index in [1.165, 1.54) is 5.69 Å². The molecule has 1 saturated carbocycles. The van der Waals surface area contributed by atoms with Crippen LogP contribution >= 0.6 is 0 Å². The van der Waals surface area contributed by atoms with E-state index in [1.807, 2.05) is 36.4 Å². The van der Waals surface area contributed by atoms with E-state index in [9.17, 15) is 4.79 Å². The Hall–Kier alpha value is -3.41. The van der Waals surface area contributed by atoms with E-state index in [1.54, 1.807) is 6.20 Å². The molecule has 0 aliphatic heterocycles. The van der Waals surface area contributed by atoms with Gasteiger partial charge in [-0.05, 0) is 55.7 Å². The lowest BCUT2D eigenvalue weighted by Gasteiger charge is -2.35. The molecule has 0 unspecified atom stereocenters. The summed E-state index contributed by atoms with van der Waals surface area (Å²) < 4.78 is 2.32. The smallest absolute Gasteiger partial charge is 0.229 e. The third-order valence-electron chi connectivity index (χ3n) is 6.10. The Balaban J connectivity index is 1.18. The van der Waals surface area contributed by atoms with Gasteiger partial charge in [0, 0.05) is 53.6 Å². The molecule has 1 aliphatic carbocycles. The van der Waals surface area contributed by atoms with Gasteiger partial charge in [0.2, 0.25) is 5.91 Å². The number of anilines is 1. The largest absolute Gasteiger partial charge is 0.351 e. The van der Waals surface area contributed by atoms with Gasteiger partial charge in [0.1, 0.15) is 0 Å². The molecule has 4 aromatic rings. The number of aromatic amines is 1. The lowest BCUT2D eigenvalue weighted by Crippen LogP contribution is -2.22. The van der Waals surface area contributed by atoms with Crippen molar-refractivity contribution >= 4 is 22.6 Å². The Labute approximate surface area is 175 Å². The van der Waals surface area contributed by atoms with Crippen molar-refractivity contribution in [3.8, 4) is 0 Å². The highest BCUT2D eigenvalue weighted by Gasteiger charge is 2.34. The molecule has 5 rings (SSSR count). The molecule has 30 heavy (non-hydrogen) atoms. The van der Waals surface area contributed by atoms with Gasteiger partial charge in [-0.3, -0.25) is 14.9 Å². The SMILES string of the molecule is CCn1cccc1[C@H]1C[C@@H](c2cc(NC(=O)Cc3ccc4ncccc4c3)n[nH]2)C1. The molecule has 1 fully saturated rings. The minimum atomic E-state index is -0.0662. The van der Waals surface area contributed by atoms with Crippen molar-refractivity contribution < 1.29 is 4.79 Å². The van der Waals surface area contributed by atoms with E-state index in [4.69, 9.17) is 0 Å². The molecule has 1 aliphatic rings. The Morgan fingerprint density at radius 3 is 2.93 bits per heavy atom. The number of fused-ring (bicyclic) bond motifs is 1. The molecular weight excluding hydrogens is 374 g/mol. The number of pyridine rings is 1. The normalized spacial score (nSPS) is 18.3. The Kier molecular flexibility index (Phi) is 4.83. The summed E-state index contributed by atoms with van der Waals surface area (Å²) in [4.78, 5) is 16.8. The number of carbonyl (C=O) groups is 1. The molecule has 2 N–H and O–H groups in total. The van der Waals surface area contributed by atoms with Gasteiger partial charge in [0.05, 0.1) is 11.9 Å². The van der Waals surface area contributed by atoms with Gasteiger partial charge in [-0.15, -0.1) is 0 Å². The van der Waals surface area contributed by atoms with E-state index < -0.39 is 0 Å². The summed E-state index contributed by atoms with van der Waals surface area (Å²) in [6.07, 6.45) is 6.47. The van der Waals surface area contributed by atoms with Crippen LogP contribution in [-0.4, -0.2) is 25.7 Å². The van der Waals surface area contributed by atoms with Crippen LogP contribution in [0.5, 0.6) is 0 Å². The molecule has 0 saturated heterocycles. The third kappa shape index (κ3) is 3.61. The monoisotopic (exact) mass is 399 g/mol. The molecule has 3 aromatic heterocycles. The minimum Gasteiger partial charge on any atom is -0.351 e. The summed E-state index contributed by atoms with van der Waals surface area (Å²) >= 11 is 0. The summed E-state index contributed by atoms with van der Waals surface area (Å²) in [5.74, 6) is 1.61. The van der Waals surface area contributed by atoms with Crippen LogP contribution in [0.3, 0.4) is 0 Å². The highest BCUT2D eigenvalue weighted by molar-refractivity contribution is 5.92. The predicted octanol–water partition coefficient (Wildman–Crippen LogP) is 4.62. The number of carbonyl (C=O) groups excluding carboxylic acids is 1. The number of nitrogens with one attached hydrogen (secondary N) is 2. The lowest BCUT2D eigenvalue weighted by molar-refractivity contribution is -0.115. The molecule has 3 heterocycles. The first-order valence-electron chi connectivity index (χ1n) is 10.5. The van der Waals surface area contributed by atoms with Gasteiger partial charge in [0.25, 0.3) is 0 Å². The van der Waals surface area contributed by atoms with Crippen LogP contribution in [0, 0.1) is 0 Å². The number of aryl methyl sites for hydroxylation is 1. The van der Waals surface area contributed by atoms with Crippen LogP contribution in [0.25, 0.3) is 10.9 Å². The second-order valence-electron chi connectivity index (χ2n) is 8.05. The minimum absolute atomic E-state index is 0.0662. The summed E-state index contributed by atoms with van der Waals surface area (Å²) in [5.41, 5.74) is 4.42. The fourth-order valence-electron chi connectivity index (χ4n) is 4.42. The van der Waals surface area contributed by atoms with E-state index in [2.05, 4.69) is 50.3 Å². The number of aromatic nitrogens is 4. The van der Waals surface area contributed by atoms with Crippen molar-refractivity contribution in [1.29, 1.82) is 0 Å². The van der Waals surface area contributed by atoms with E-state index in [0.717, 1.165) is 41.5 Å². The number of hydrogen-bond acceptors (Lipinski definition) is 3. The van der Waals surface area contributed by atoms with Gasteiger partial charge < -0.3 is 9.88 Å². The first kappa shape index (κ1) is 18.6. The second kappa shape index (κ2) is 7.78. The molecule has 152 valence electrons. The van der Waals surface area contributed by atoms with Crippen LogP contribution in [0.2, 0.25) is 0 Å². The fourth-order valence-corrected chi connectivity index (χ4v) is 4.42. The van der Waals surface area contributed by atoms with Gasteiger partial charge in [0.15, 0.2) is 5.82 Å². The summed E-state index contributed by atoms with van der Waals surface area (Å²) in [7, 11) is 0. The molecule has 6 nitrogen and oxygen atoms in total. The van der Waals surface area contributed by atoms with Crippen molar-refractivity contribution in [2.75, 3.05) is 5.32 Å². The number of H-pyrrole nitrogens is 1. The molecule has 1 aromatic carbocycles. The maximum absolute atomic E-state index is 12.5. The van der Waals surface area contributed by atoms with Gasteiger partial charge in [-0.2, -0.15) is 5.10 Å². The van der Waals surface area contributed by atoms with E-state index in [-0.39, 0.29) is 5.91 Å². The number of rotatable bonds is 6. The molecule has 1 amide bonds. The average molecular weight is 399 g/mol. The average Bonchev–Trinajstić information content (AvgIpc) is 3.36. The first-order chi connectivity index (χ1) is 14.7. The van der Waals surface area contributed by atoms with Crippen molar-refractivity contribution in [1.82, 2.24) is 19.7 Å². The van der Waals surface area contributed by atoms with E-state index in [0.29, 0.717) is 24.1 Å².